The highest BCUT2D eigenvalue weighted by Crippen LogP contribution is 2.54. The summed E-state index contributed by atoms with van der Waals surface area (Å²) < 4.78 is 6.28. The van der Waals surface area contributed by atoms with Crippen molar-refractivity contribution in [2.24, 2.45) is 0 Å². The molecular weight excluding hydrogens is 608 g/mol. The van der Waals surface area contributed by atoms with Gasteiger partial charge in [-0.25, -0.2) is 0 Å². The highest BCUT2D eigenvalue weighted by Gasteiger charge is 2.45. The molecule has 0 radical (unpaired) electrons. The van der Waals surface area contributed by atoms with E-state index in [0.29, 0.717) is 12.5 Å². The molecule has 48 heavy (non-hydrogen) atoms. The van der Waals surface area contributed by atoms with Gasteiger partial charge in [0, 0.05) is 42.2 Å². The van der Waals surface area contributed by atoms with Crippen LogP contribution in [-0.4, -0.2) is 78.4 Å². The number of ether oxygens (including phenoxy) is 1. The zero-order valence-corrected chi connectivity index (χ0v) is 28.1. The first kappa shape index (κ1) is 36.1. The number of hydrogen-bond acceptors (Lipinski definition) is 9. The third-order valence-corrected chi connectivity index (χ3v) is 10.0. The average molecular weight is 661 g/mol. The molecular formula is C39H52N2O7. The number of carbonyl (C=O) groups excluding carboxylic acids is 1. The Morgan fingerprint density at radius 1 is 0.896 bits per heavy atom. The lowest BCUT2D eigenvalue weighted by molar-refractivity contribution is -0.125. The molecule has 0 bridgehead atoms. The van der Waals surface area contributed by atoms with E-state index >= 15 is 0 Å². The number of aryl methyl sites for hydroxylation is 3. The smallest absolute Gasteiger partial charge is 0.133 e. The minimum atomic E-state index is -1.67. The number of hydrogen-bond donors (Lipinski definition) is 5. The second-order valence-electron chi connectivity index (χ2n) is 13.9. The number of aliphatic hydroxyl groups excluding tert-OH is 5. The number of Topliss-reactive ketones (excluding diaryl/α,β-unsaturated/α-hetero) is 1. The first-order valence-corrected chi connectivity index (χ1v) is 17.7. The Bertz CT molecular complexity index is 1490. The summed E-state index contributed by atoms with van der Waals surface area (Å²) in [6, 6.07) is 14.8. The highest BCUT2D eigenvalue weighted by atomic mass is 16.5. The predicted octanol–water partition coefficient (Wildman–Crippen LogP) is 4.94. The first-order chi connectivity index (χ1) is 23.2. The largest absolute Gasteiger partial charge is 0.490 e. The number of aliphatic hydroxyl groups is 5. The van der Waals surface area contributed by atoms with Gasteiger partial charge >= 0.3 is 0 Å². The fourth-order valence-corrected chi connectivity index (χ4v) is 6.53. The van der Waals surface area contributed by atoms with Crippen molar-refractivity contribution in [1.29, 1.82) is 0 Å². The van der Waals surface area contributed by atoms with Crippen LogP contribution in [0.4, 0.5) is 0 Å². The minimum absolute atomic E-state index is 0.00840. The quantitative estimate of drug-likeness (QED) is 0.100. The van der Waals surface area contributed by atoms with E-state index in [1.165, 1.54) is 16.7 Å². The molecule has 5 N–H and O–H groups in total. The lowest BCUT2D eigenvalue weighted by atomic mass is 9.85. The summed E-state index contributed by atoms with van der Waals surface area (Å²) in [7, 11) is 0. The molecule has 0 unspecified atom stereocenters. The number of nitrogens with zero attached hydrogens (tertiary/aromatic N) is 2. The molecule has 0 saturated heterocycles. The number of pyridine rings is 2. The number of para-hydroxylation sites is 1. The second-order valence-corrected chi connectivity index (χ2v) is 13.9. The SMILES string of the molecule is Cc1ccc(CCCCCCC(=O)CC[C@H](O)[C@@H](O)[C@H](O)[C@H](O)CO)nc1CCC1(c2cnccc2-c2ccccc2OC2CC2)CC1. The maximum atomic E-state index is 12.3. The van der Waals surface area contributed by atoms with Gasteiger partial charge in [-0.2, -0.15) is 0 Å². The van der Waals surface area contributed by atoms with E-state index in [1.807, 2.05) is 12.3 Å². The maximum absolute atomic E-state index is 12.3. The average Bonchev–Trinajstić information content (AvgIpc) is 4.05. The molecule has 260 valence electrons. The van der Waals surface area contributed by atoms with Crippen LogP contribution in [0.5, 0.6) is 5.75 Å². The van der Waals surface area contributed by atoms with Gasteiger partial charge in [0.1, 0.15) is 29.8 Å². The summed E-state index contributed by atoms with van der Waals surface area (Å²) >= 11 is 0. The molecule has 2 aromatic heterocycles. The van der Waals surface area contributed by atoms with E-state index in [4.69, 9.17) is 14.8 Å². The molecule has 2 fully saturated rings. The Morgan fingerprint density at radius 3 is 2.40 bits per heavy atom. The molecule has 5 rings (SSSR count). The number of carbonyl (C=O) groups is 1. The fourth-order valence-electron chi connectivity index (χ4n) is 6.53. The number of unbranched alkanes of at least 4 members (excludes halogenated alkanes) is 3. The first-order valence-electron chi connectivity index (χ1n) is 17.7. The van der Waals surface area contributed by atoms with Crippen LogP contribution in [0.1, 0.15) is 99.6 Å². The Balaban J connectivity index is 1.06. The molecule has 2 aliphatic carbocycles. The van der Waals surface area contributed by atoms with Gasteiger partial charge in [0.25, 0.3) is 0 Å². The maximum Gasteiger partial charge on any atom is 0.133 e. The standard InChI is InChI=1S/C39H52N2O7/c1-26-12-13-27(8-4-2-3-5-9-28(43)14-17-34(44)37(46)38(47)35(45)25-42)41-33(26)18-20-39(21-22-39)32-24-40-23-19-30(32)31-10-6-7-11-36(31)48-29-15-16-29/h6-7,10-13,19,23-24,29,34-35,37-38,42,44-47H,2-5,8-9,14-18,20-22,25H2,1H3/t34-,35+,37+,38+/m0/s1. The van der Waals surface area contributed by atoms with Crippen LogP contribution in [0.15, 0.2) is 54.9 Å². The molecule has 2 heterocycles. The van der Waals surface area contributed by atoms with Gasteiger partial charge in [-0.3, -0.25) is 14.8 Å². The summed E-state index contributed by atoms with van der Waals surface area (Å²) in [5, 5.41) is 48.0. The molecule has 1 aromatic carbocycles. The van der Waals surface area contributed by atoms with Crippen molar-refractivity contribution in [3.8, 4) is 16.9 Å². The van der Waals surface area contributed by atoms with E-state index in [2.05, 4.69) is 54.5 Å². The lowest BCUT2D eigenvalue weighted by Gasteiger charge is -2.25. The monoisotopic (exact) mass is 660 g/mol. The van der Waals surface area contributed by atoms with Crippen LogP contribution in [0.3, 0.4) is 0 Å². The normalized spacial score (nSPS) is 17.8. The Hall–Kier alpha value is -3.21. The summed E-state index contributed by atoms with van der Waals surface area (Å²) in [5.74, 6) is 0.955. The van der Waals surface area contributed by atoms with Crippen molar-refractivity contribution in [1.82, 2.24) is 9.97 Å². The molecule has 4 atom stereocenters. The summed E-state index contributed by atoms with van der Waals surface area (Å²) in [5.41, 5.74) is 7.29. The molecule has 9 nitrogen and oxygen atoms in total. The van der Waals surface area contributed by atoms with Crippen molar-refractivity contribution < 1.29 is 35.1 Å². The third-order valence-electron chi connectivity index (χ3n) is 10.0. The third kappa shape index (κ3) is 9.70. The lowest BCUT2D eigenvalue weighted by Crippen LogP contribution is -2.45. The van der Waals surface area contributed by atoms with E-state index < -0.39 is 31.0 Å². The topological polar surface area (TPSA) is 153 Å². The molecule has 0 spiro atoms. The van der Waals surface area contributed by atoms with E-state index in [0.717, 1.165) is 93.3 Å². The van der Waals surface area contributed by atoms with Crippen molar-refractivity contribution in [3.63, 3.8) is 0 Å². The van der Waals surface area contributed by atoms with E-state index in [-0.39, 0.29) is 24.0 Å². The summed E-state index contributed by atoms with van der Waals surface area (Å²) in [6.45, 7) is 1.41. The summed E-state index contributed by atoms with van der Waals surface area (Å²) in [4.78, 5) is 21.9. The zero-order valence-electron chi connectivity index (χ0n) is 28.1. The van der Waals surface area contributed by atoms with Gasteiger partial charge in [-0.1, -0.05) is 37.1 Å². The fraction of sp³-hybridized carbons (Fsp3) is 0.564. The predicted molar refractivity (Wildman–Crippen MR) is 184 cm³/mol. The Labute approximate surface area is 284 Å². The number of benzene rings is 1. The van der Waals surface area contributed by atoms with Crippen LogP contribution in [0.25, 0.3) is 11.1 Å². The van der Waals surface area contributed by atoms with E-state index in [9.17, 15) is 25.2 Å². The van der Waals surface area contributed by atoms with Gasteiger partial charge in [0.15, 0.2) is 0 Å². The van der Waals surface area contributed by atoms with Gasteiger partial charge in [-0.15, -0.1) is 0 Å². The Kier molecular flexibility index (Phi) is 12.7. The van der Waals surface area contributed by atoms with Crippen LogP contribution >= 0.6 is 0 Å². The molecule has 2 saturated carbocycles. The summed E-state index contributed by atoms with van der Waals surface area (Å²) in [6.07, 6.45) is 9.63. The number of ketones is 1. The van der Waals surface area contributed by atoms with Crippen LogP contribution in [-0.2, 0) is 23.1 Å². The van der Waals surface area contributed by atoms with Crippen LogP contribution < -0.4 is 4.74 Å². The highest BCUT2D eigenvalue weighted by molar-refractivity contribution is 5.78. The van der Waals surface area contributed by atoms with Gasteiger partial charge in [-0.05, 0) is 111 Å². The van der Waals surface area contributed by atoms with Gasteiger partial charge < -0.3 is 30.3 Å². The van der Waals surface area contributed by atoms with Crippen molar-refractivity contribution in [2.75, 3.05) is 6.61 Å². The molecule has 9 heteroatoms. The van der Waals surface area contributed by atoms with Crippen molar-refractivity contribution >= 4 is 5.78 Å². The zero-order chi connectivity index (χ0) is 34.1. The molecule has 3 aromatic rings. The molecule has 2 aliphatic rings. The number of rotatable bonds is 21. The number of aromatic nitrogens is 2. The molecule has 0 amide bonds. The van der Waals surface area contributed by atoms with Crippen molar-refractivity contribution in [3.05, 3.63) is 77.4 Å². The van der Waals surface area contributed by atoms with Gasteiger partial charge in [0.2, 0.25) is 0 Å². The second kappa shape index (κ2) is 16.9. The Morgan fingerprint density at radius 2 is 1.65 bits per heavy atom. The van der Waals surface area contributed by atoms with Gasteiger partial charge in [0.05, 0.1) is 18.8 Å². The van der Waals surface area contributed by atoms with Crippen LogP contribution in [0, 0.1) is 6.92 Å². The van der Waals surface area contributed by atoms with E-state index in [1.54, 1.807) is 0 Å². The minimum Gasteiger partial charge on any atom is -0.490 e. The van der Waals surface area contributed by atoms with Crippen molar-refractivity contribution in [2.45, 2.75) is 133 Å². The molecule has 0 aliphatic heterocycles. The van der Waals surface area contributed by atoms with Crippen LogP contribution in [0.2, 0.25) is 0 Å².